The molecule has 4 heterocycles. The molecule has 1 N–H and O–H groups in total. The van der Waals surface area contributed by atoms with Crippen LogP contribution in [0.5, 0.6) is 5.75 Å². The SMILES string of the molecule is c1cncc(OCc2n[nH]c3c2CN(Cc2cccs2)C3)c1. The van der Waals surface area contributed by atoms with Crippen molar-refractivity contribution in [2.24, 2.45) is 0 Å². The van der Waals surface area contributed by atoms with Gasteiger partial charge in [-0.1, -0.05) is 6.07 Å². The van der Waals surface area contributed by atoms with E-state index in [1.165, 1.54) is 16.1 Å². The van der Waals surface area contributed by atoms with Crippen LogP contribution in [-0.2, 0) is 26.2 Å². The predicted octanol–water partition coefficient (Wildman–Crippen LogP) is 2.96. The van der Waals surface area contributed by atoms with Gasteiger partial charge in [-0.2, -0.15) is 5.10 Å². The Morgan fingerprint density at radius 3 is 3.09 bits per heavy atom. The Balaban J connectivity index is 1.41. The van der Waals surface area contributed by atoms with Crippen LogP contribution >= 0.6 is 11.3 Å². The van der Waals surface area contributed by atoms with E-state index in [0.717, 1.165) is 31.1 Å². The number of thiophene rings is 1. The van der Waals surface area contributed by atoms with E-state index in [0.29, 0.717) is 6.61 Å². The molecule has 0 atom stereocenters. The molecule has 0 fully saturated rings. The molecule has 0 radical (unpaired) electrons. The lowest BCUT2D eigenvalue weighted by molar-refractivity contribution is 0.267. The molecule has 0 amide bonds. The number of nitrogens with zero attached hydrogens (tertiary/aromatic N) is 3. The third-order valence-electron chi connectivity index (χ3n) is 3.77. The van der Waals surface area contributed by atoms with Crippen molar-refractivity contribution >= 4 is 11.3 Å². The van der Waals surface area contributed by atoms with Gasteiger partial charge in [0.25, 0.3) is 0 Å². The summed E-state index contributed by atoms with van der Waals surface area (Å²) in [4.78, 5) is 7.86. The molecule has 4 rings (SSSR count). The van der Waals surface area contributed by atoms with Gasteiger partial charge in [-0.25, -0.2) is 0 Å². The van der Waals surface area contributed by atoms with Crippen molar-refractivity contribution in [2.45, 2.75) is 26.2 Å². The van der Waals surface area contributed by atoms with Crippen molar-refractivity contribution in [2.75, 3.05) is 0 Å². The van der Waals surface area contributed by atoms with E-state index < -0.39 is 0 Å². The monoisotopic (exact) mass is 312 g/mol. The first kappa shape index (κ1) is 13.5. The maximum atomic E-state index is 5.76. The molecule has 0 spiro atoms. The van der Waals surface area contributed by atoms with Crippen molar-refractivity contribution < 1.29 is 4.74 Å². The summed E-state index contributed by atoms with van der Waals surface area (Å²) >= 11 is 1.80. The number of hydrogen-bond acceptors (Lipinski definition) is 5. The van der Waals surface area contributed by atoms with Crippen LogP contribution in [0.1, 0.15) is 21.8 Å². The summed E-state index contributed by atoms with van der Waals surface area (Å²) in [7, 11) is 0. The van der Waals surface area contributed by atoms with Crippen LogP contribution in [0, 0.1) is 0 Å². The van der Waals surface area contributed by atoms with Gasteiger partial charge >= 0.3 is 0 Å². The first-order chi connectivity index (χ1) is 10.9. The second-order valence-corrected chi connectivity index (χ2v) is 6.36. The van der Waals surface area contributed by atoms with Gasteiger partial charge in [0.05, 0.1) is 11.9 Å². The number of hydrogen-bond donors (Lipinski definition) is 1. The third-order valence-corrected chi connectivity index (χ3v) is 4.63. The molecule has 0 saturated carbocycles. The highest BCUT2D eigenvalue weighted by Crippen LogP contribution is 2.27. The molecular weight excluding hydrogens is 296 g/mol. The van der Waals surface area contributed by atoms with Crippen LogP contribution in [0.15, 0.2) is 42.0 Å². The molecule has 3 aromatic heterocycles. The van der Waals surface area contributed by atoms with E-state index in [-0.39, 0.29) is 0 Å². The lowest BCUT2D eigenvalue weighted by Gasteiger charge is -2.13. The molecule has 22 heavy (non-hydrogen) atoms. The highest BCUT2D eigenvalue weighted by molar-refractivity contribution is 7.09. The number of aromatic nitrogens is 3. The van der Waals surface area contributed by atoms with Crippen molar-refractivity contribution in [1.82, 2.24) is 20.1 Å². The summed E-state index contributed by atoms with van der Waals surface area (Å²) in [5, 5.41) is 9.66. The van der Waals surface area contributed by atoms with Gasteiger partial charge in [-0.15, -0.1) is 11.3 Å². The molecule has 0 aliphatic carbocycles. The number of fused-ring (bicyclic) bond motifs is 1. The van der Waals surface area contributed by atoms with Crippen LogP contribution in [0.25, 0.3) is 0 Å². The summed E-state index contributed by atoms with van der Waals surface area (Å²) in [6, 6.07) is 8.06. The van der Waals surface area contributed by atoms with Gasteiger partial charge in [-0.3, -0.25) is 15.0 Å². The predicted molar refractivity (Wildman–Crippen MR) is 84.4 cm³/mol. The Morgan fingerprint density at radius 1 is 1.27 bits per heavy atom. The van der Waals surface area contributed by atoms with Gasteiger partial charge in [0.15, 0.2) is 0 Å². The van der Waals surface area contributed by atoms with Crippen molar-refractivity contribution in [3.05, 3.63) is 63.9 Å². The van der Waals surface area contributed by atoms with Gasteiger partial charge in [0.1, 0.15) is 18.1 Å². The van der Waals surface area contributed by atoms with Gasteiger partial charge in [0.2, 0.25) is 0 Å². The topological polar surface area (TPSA) is 54.0 Å². The Kier molecular flexibility index (Phi) is 3.62. The number of ether oxygens (including phenoxy) is 1. The van der Waals surface area contributed by atoms with Crippen molar-refractivity contribution in [1.29, 1.82) is 0 Å². The summed E-state index contributed by atoms with van der Waals surface area (Å²) < 4.78 is 5.76. The van der Waals surface area contributed by atoms with Crippen LogP contribution < -0.4 is 4.74 Å². The van der Waals surface area contributed by atoms with Crippen LogP contribution in [0.4, 0.5) is 0 Å². The Bertz CT molecular complexity index is 739. The molecule has 0 bridgehead atoms. The molecule has 112 valence electrons. The molecule has 0 unspecified atom stereocenters. The molecule has 0 aromatic carbocycles. The summed E-state index contributed by atoms with van der Waals surface area (Å²) in [6.45, 7) is 3.32. The minimum absolute atomic E-state index is 0.477. The highest BCUT2D eigenvalue weighted by Gasteiger charge is 2.25. The lowest BCUT2D eigenvalue weighted by Crippen LogP contribution is -2.16. The largest absolute Gasteiger partial charge is 0.486 e. The van der Waals surface area contributed by atoms with Gasteiger partial charge in [-0.05, 0) is 23.6 Å². The maximum Gasteiger partial charge on any atom is 0.138 e. The fourth-order valence-electron chi connectivity index (χ4n) is 2.70. The fraction of sp³-hybridized carbons (Fsp3) is 0.250. The minimum Gasteiger partial charge on any atom is -0.486 e. The van der Waals surface area contributed by atoms with E-state index in [2.05, 4.69) is 37.6 Å². The number of nitrogens with one attached hydrogen (secondary N) is 1. The zero-order valence-electron chi connectivity index (χ0n) is 12.0. The number of aromatic amines is 1. The Morgan fingerprint density at radius 2 is 2.27 bits per heavy atom. The second-order valence-electron chi connectivity index (χ2n) is 5.33. The van der Waals surface area contributed by atoms with Crippen LogP contribution in [-0.4, -0.2) is 20.1 Å². The first-order valence-electron chi connectivity index (χ1n) is 7.21. The smallest absolute Gasteiger partial charge is 0.138 e. The van der Waals surface area contributed by atoms with Crippen molar-refractivity contribution in [3.63, 3.8) is 0 Å². The van der Waals surface area contributed by atoms with E-state index in [9.17, 15) is 0 Å². The lowest BCUT2D eigenvalue weighted by atomic mass is 10.2. The van der Waals surface area contributed by atoms with E-state index >= 15 is 0 Å². The standard InChI is InChI=1S/C16H16N4OS/c1-3-12(7-17-5-1)21-11-16-14-9-20(10-15(14)18-19-16)8-13-4-2-6-22-13/h1-7H,8-11H2,(H,18,19). The van der Waals surface area contributed by atoms with Gasteiger partial charge < -0.3 is 4.74 Å². The number of H-pyrrole nitrogens is 1. The maximum absolute atomic E-state index is 5.76. The highest BCUT2D eigenvalue weighted by atomic mass is 32.1. The second kappa shape index (κ2) is 5.90. The molecular formula is C16H16N4OS. The molecule has 5 nitrogen and oxygen atoms in total. The summed E-state index contributed by atoms with van der Waals surface area (Å²) in [5.74, 6) is 0.771. The molecule has 6 heteroatoms. The zero-order valence-corrected chi connectivity index (χ0v) is 12.8. The third kappa shape index (κ3) is 2.75. The van der Waals surface area contributed by atoms with Crippen LogP contribution in [0.2, 0.25) is 0 Å². The average Bonchev–Trinajstić information content (AvgIpc) is 3.25. The molecule has 0 saturated heterocycles. The molecule has 1 aliphatic rings. The zero-order chi connectivity index (χ0) is 14.8. The molecule has 1 aliphatic heterocycles. The molecule has 3 aromatic rings. The summed E-state index contributed by atoms with van der Waals surface area (Å²) in [5.41, 5.74) is 3.48. The van der Waals surface area contributed by atoms with E-state index in [4.69, 9.17) is 4.74 Å². The average molecular weight is 312 g/mol. The minimum atomic E-state index is 0.477. The van der Waals surface area contributed by atoms with Gasteiger partial charge in [0, 0.05) is 36.3 Å². The number of pyridine rings is 1. The van der Waals surface area contributed by atoms with E-state index in [1.807, 2.05) is 12.1 Å². The van der Waals surface area contributed by atoms with Crippen LogP contribution in [0.3, 0.4) is 0 Å². The van der Waals surface area contributed by atoms with E-state index in [1.54, 1.807) is 23.7 Å². The quantitative estimate of drug-likeness (QED) is 0.787. The van der Waals surface area contributed by atoms with Crippen molar-refractivity contribution in [3.8, 4) is 5.75 Å². The summed E-state index contributed by atoms with van der Waals surface area (Å²) in [6.07, 6.45) is 3.46. The Labute approximate surface area is 132 Å². The normalized spacial score (nSPS) is 14.2. The fourth-order valence-corrected chi connectivity index (χ4v) is 3.45. The first-order valence-corrected chi connectivity index (χ1v) is 8.09. The number of rotatable bonds is 5. The Hall–Kier alpha value is -2.18.